The fourth-order valence-corrected chi connectivity index (χ4v) is 1.59. The lowest BCUT2D eigenvalue weighted by atomic mass is 10.1. The molecule has 0 heterocycles. The average Bonchev–Trinajstić information content (AvgIpc) is 2.31. The van der Waals surface area contributed by atoms with Crippen molar-refractivity contribution in [3.63, 3.8) is 0 Å². The van der Waals surface area contributed by atoms with Crippen molar-refractivity contribution >= 4 is 5.91 Å². The zero-order valence-corrected chi connectivity index (χ0v) is 10.2. The van der Waals surface area contributed by atoms with Gasteiger partial charge in [-0.05, 0) is 25.5 Å². The summed E-state index contributed by atoms with van der Waals surface area (Å²) in [5.74, 6) is 2.42. The Morgan fingerprint density at radius 1 is 1.59 bits per heavy atom. The fraction of sp³-hybridized carbons (Fsp3) is 0.357. The molecular weight excluding hydrogens is 214 g/mol. The minimum absolute atomic E-state index is 0.116. The Labute approximate surface area is 102 Å². The van der Waals surface area contributed by atoms with Crippen LogP contribution >= 0.6 is 0 Å². The largest absolute Gasteiger partial charge is 0.508 e. The van der Waals surface area contributed by atoms with E-state index in [2.05, 4.69) is 11.2 Å². The molecule has 90 valence electrons. The first-order chi connectivity index (χ1) is 8.10. The van der Waals surface area contributed by atoms with Crippen molar-refractivity contribution in [1.29, 1.82) is 0 Å². The maximum absolute atomic E-state index is 11.9. The second kappa shape index (κ2) is 5.95. The fourth-order valence-electron chi connectivity index (χ4n) is 1.59. The van der Waals surface area contributed by atoms with Crippen molar-refractivity contribution in [1.82, 2.24) is 5.32 Å². The van der Waals surface area contributed by atoms with Crippen LogP contribution in [0.1, 0.15) is 35.7 Å². The van der Waals surface area contributed by atoms with Gasteiger partial charge in [-0.2, -0.15) is 0 Å². The van der Waals surface area contributed by atoms with Crippen LogP contribution in [-0.4, -0.2) is 17.1 Å². The van der Waals surface area contributed by atoms with Gasteiger partial charge in [0.1, 0.15) is 5.75 Å². The van der Waals surface area contributed by atoms with Gasteiger partial charge in [0.25, 0.3) is 5.91 Å². The first kappa shape index (κ1) is 13.1. The maximum atomic E-state index is 11.9. The number of aromatic hydroxyl groups is 1. The number of amides is 1. The van der Waals surface area contributed by atoms with Crippen LogP contribution in [0.3, 0.4) is 0 Å². The summed E-state index contributed by atoms with van der Waals surface area (Å²) in [5, 5.41) is 12.3. The zero-order valence-electron chi connectivity index (χ0n) is 10.2. The molecule has 1 unspecified atom stereocenters. The predicted molar refractivity (Wildman–Crippen MR) is 67.8 cm³/mol. The topological polar surface area (TPSA) is 49.3 Å². The molecule has 0 aliphatic rings. The van der Waals surface area contributed by atoms with Gasteiger partial charge in [-0.15, -0.1) is 6.42 Å². The van der Waals surface area contributed by atoms with E-state index in [0.29, 0.717) is 11.1 Å². The first-order valence-corrected chi connectivity index (χ1v) is 5.65. The van der Waals surface area contributed by atoms with Crippen LogP contribution < -0.4 is 5.32 Å². The van der Waals surface area contributed by atoms with Gasteiger partial charge in [-0.1, -0.05) is 25.3 Å². The number of hydrogen-bond acceptors (Lipinski definition) is 2. The van der Waals surface area contributed by atoms with E-state index >= 15 is 0 Å². The lowest BCUT2D eigenvalue weighted by molar-refractivity contribution is 0.0943. The molecule has 0 saturated heterocycles. The van der Waals surface area contributed by atoms with Crippen LogP contribution in [0.4, 0.5) is 0 Å². The van der Waals surface area contributed by atoms with Gasteiger partial charge in [0.2, 0.25) is 0 Å². The summed E-state index contributed by atoms with van der Waals surface area (Å²) in [7, 11) is 0. The molecule has 0 saturated carbocycles. The van der Waals surface area contributed by atoms with Gasteiger partial charge in [0.05, 0.1) is 6.04 Å². The Kier molecular flexibility index (Phi) is 4.59. The van der Waals surface area contributed by atoms with E-state index in [1.165, 1.54) is 0 Å². The van der Waals surface area contributed by atoms with E-state index in [9.17, 15) is 9.90 Å². The molecular formula is C14H17NO2. The van der Waals surface area contributed by atoms with E-state index < -0.39 is 0 Å². The third-order valence-corrected chi connectivity index (χ3v) is 2.63. The summed E-state index contributed by atoms with van der Waals surface area (Å²) in [5.41, 5.74) is 1.03. The highest BCUT2D eigenvalue weighted by atomic mass is 16.3. The number of carbonyl (C=O) groups is 1. The molecule has 1 amide bonds. The molecule has 0 aromatic heterocycles. The molecule has 0 fully saturated rings. The Balaban J connectivity index is 2.83. The van der Waals surface area contributed by atoms with Crippen molar-refractivity contribution in [2.24, 2.45) is 0 Å². The van der Waals surface area contributed by atoms with Crippen LogP contribution in [0.15, 0.2) is 18.2 Å². The van der Waals surface area contributed by atoms with Crippen molar-refractivity contribution in [2.75, 3.05) is 0 Å². The Hall–Kier alpha value is -1.95. The highest BCUT2D eigenvalue weighted by molar-refractivity contribution is 5.96. The predicted octanol–water partition coefficient (Wildman–Crippen LogP) is 2.23. The number of benzene rings is 1. The number of terminal acetylenes is 1. The summed E-state index contributed by atoms with van der Waals surface area (Å²) in [6.45, 7) is 3.71. The second-order valence-corrected chi connectivity index (χ2v) is 3.93. The zero-order chi connectivity index (χ0) is 12.8. The quantitative estimate of drug-likeness (QED) is 0.781. The number of carbonyl (C=O) groups excluding carboxylic acids is 1. The minimum Gasteiger partial charge on any atom is -0.508 e. The monoisotopic (exact) mass is 231 g/mol. The van der Waals surface area contributed by atoms with Crippen LogP contribution in [0.5, 0.6) is 5.75 Å². The minimum atomic E-state index is -0.255. The van der Waals surface area contributed by atoms with Crippen molar-refractivity contribution in [3.05, 3.63) is 29.3 Å². The van der Waals surface area contributed by atoms with Crippen LogP contribution in [0.25, 0.3) is 0 Å². The number of phenols is 1. The first-order valence-electron chi connectivity index (χ1n) is 5.65. The number of nitrogens with one attached hydrogen (secondary N) is 1. The van der Waals surface area contributed by atoms with E-state index in [-0.39, 0.29) is 17.7 Å². The molecule has 0 bridgehead atoms. The number of hydrogen-bond donors (Lipinski definition) is 2. The highest BCUT2D eigenvalue weighted by Crippen LogP contribution is 2.19. The molecule has 0 radical (unpaired) electrons. The molecule has 3 heteroatoms. The molecule has 1 aromatic rings. The molecule has 17 heavy (non-hydrogen) atoms. The third kappa shape index (κ3) is 3.25. The van der Waals surface area contributed by atoms with Gasteiger partial charge in [-0.25, -0.2) is 0 Å². The molecule has 0 spiro atoms. The molecule has 0 aliphatic carbocycles. The van der Waals surface area contributed by atoms with Gasteiger partial charge < -0.3 is 10.4 Å². The van der Waals surface area contributed by atoms with Gasteiger partial charge >= 0.3 is 0 Å². The van der Waals surface area contributed by atoms with Gasteiger partial charge in [0.15, 0.2) is 0 Å². The Bertz CT molecular complexity index is 446. The van der Waals surface area contributed by atoms with E-state index in [1.807, 2.05) is 6.92 Å². The number of phenolic OH excluding ortho intramolecular Hbond substituents is 1. The van der Waals surface area contributed by atoms with Gasteiger partial charge in [-0.3, -0.25) is 4.79 Å². The summed E-state index contributed by atoms with van der Waals surface area (Å²) < 4.78 is 0. The molecule has 0 aliphatic heterocycles. The summed E-state index contributed by atoms with van der Waals surface area (Å²) in [6, 6.07) is 4.61. The van der Waals surface area contributed by atoms with E-state index in [4.69, 9.17) is 6.42 Å². The normalized spacial score (nSPS) is 11.6. The number of rotatable bonds is 4. The third-order valence-electron chi connectivity index (χ3n) is 2.63. The van der Waals surface area contributed by atoms with Crippen molar-refractivity contribution in [3.8, 4) is 18.1 Å². The summed E-state index contributed by atoms with van der Waals surface area (Å²) in [4.78, 5) is 11.9. The van der Waals surface area contributed by atoms with Crippen LogP contribution in [0, 0.1) is 19.3 Å². The Morgan fingerprint density at radius 3 is 2.88 bits per heavy atom. The molecule has 1 aromatic carbocycles. The lowest BCUT2D eigenvalue weighted by Crippen LogP contribution is -2.34. The van der Waals surface area contributed by atoms with E-state index in [1.54, 1.807) is 25.1 Å². The van der Waals surface area contributed by atoms with Crippen LogP contribution in [-0.2, 0) is 0 Å². The molecule has 1 rings (SSSR count). The molecule has 1 atom stereocenters. The van der Waals surface area contributed by atoms with Crippen molar-refractivity contribution < 1.29 is 9.90 Å². The SMILES string of the molecule is C#CC(CCC)NC(=O)c1cccc(O)c1C. The van der Waals surface area contributed by atoms with Crippen LogP contribution in [0.2, 0.25) is 0 Å². The molecule has 2 N–H and O–H groups in total. The lowest BCUT2D eigenvalue weighted by Gasteiger charge is -2.13. The maximum Gasteiger partial charge on any atom is 0.252 e. The van der Waals surface area contributed by atoms with Gasteiger partial charge in [0, 0.05) is 11.1 Å². The smallest absolute Gasteiger partial charge is 0.252 e. The standard InChI is InChI=1S/C14H17NO2/c1-4-7-11(5-2)15-14(17)12-8-6-9-13(16)10(12)3/h2,6,8-9,11,16H,4,7H2,1,3H3,(H,15,17). The summed E-state index contributed by atoms with van der Waals surface area (Å²) in [6.07, 6.45) is 7.00. The summed E-state index contributed by atoms with van der Waals surface area (Å²) >= 11 is 0. The second-order valence-electron chi connectivity index (χ2n) is 3.93. The average molecular weight is 231 g/mol. The molecule has 3 nitrogen and oxygen atoms in total. The van der Waals surface area contributed by atoms with Crippen molar-refractivity contribution in [2.45, 2.75) is 32.7 Å². The van der Waals surface area contributed by atoms with E-state index in [0.717, 1.165) is 12.8 Å². The Morgan fingerprint density at radius 2 is 2.29 bits per heavy atom. The highest BCUT2D eigenvalue weighted by Gasteiger charge is 2.14.